The van der Waals surface area contributed by atoms with Crippen LogP contribution in [0.2, 0.25) is 0 Å². The number of nitrogens with zero attached hydrogens (tertiary/aromatic N) is 1. The lowest BCUT2D eigenvalue weighted by molar-refractivity contribution is 0.0690. The number of carboxylic acids is 1. The lowest BCUT2D eigenvalue weighted by atomic mass is 10.1. The molecule has 0 spiro atoms. The first-order valence-electron chi connectivity index (χ1n) is 5.63. The van der Waals surface area contributed by atoms with Gasteiger partial charge in [-0.15, -0.1) is 0 Å². The number of aromatic nitrogens is 1. The van der Waals surface area contributed by atoms with Gasteiger partial charge in [0, 0.05) is 18.8 Å². The lowest BCUT2D eigenvalue weighted by Gasteiger charge is -2.16. The topological polar surface area (TPSA) is 73.4 Å². The van der Waals surface area contributed by atoms with Crippen molar-refractivity contribution in [2.24, 2.45) is 0 Å². The van der Waals surface area contributed by atoms with Crippen molar-refractivity contribution in [3.05, 3.63) is 22.5 Å². The molecule has 0 atom stereocenters. The van der Waals surface area contributed by atoms with Gasteiger partial charge in [0.2, 0.25) is 0 Å². The normalized spacial score (nSPS) is 14.8. The Labute approximate surface area is 99.4 Å². The second kappa shape index (κ2) is 3.91. The summed E-state index contributed by atoms with van der Waals surface area (Å²) in [6.07, 6.45) is 2.08. The number of aromatic amines is 1. The van der Waals surface area contributed by atoms with Gasteiger partial charge in [0.05, 0.1) is 5.56 Å². The molecule has 1 aromatic rings. The van der Waals surface area contributed by atoms with Crippen LogP contribution in [0.3, 0.4) is 0 Å². The van der Waals surface area contributed by atoms with Gasteiger partial charge in [-0.05, 0) is 32.3 Å². The Kier molecular flexibility index (Phi) is 2.69. The van der Waals surface area contributed by atoms with Crippen molar-refractivity contribution in [2.45, 2.75) is 32.7 Å². The summed E-state index contributed by atoms with van der Waals surface area (Å²) in [5.41, 5.74) is 1.75. The first-order valence-corrected chi connectivity index (χ1v) is 5.63. The minimum absolute atomic E-state index is 0.0914. The Bertz CT molecular complexity index is 486. The van der Waals surface area contributed by atoms with Crippen LogP contribution in [-0.4, -0.2) is 40.0 Å². The van der Waals surface area contributed by atoms with Gasteiger partial charge >= 0.3 is 5.97 Å². The Morgan fingerprint density at radius 2 is 1.94 bits per heavy atom. The maximum atomic E-state index is 12.2. The van der Waals surface area contributed by atoms with Crippen LogP contribution in [0.25, 0.3) is 0 Å². The Hall–Kier alpha value is -1.78. The highest BCUT2D eigenvalue weighted by Crippen LogP contribution is 2.28. The van der Waals surface area contributed by atoms with Crippen LogP contribution in [0, 0.1) is 13.8 Å². The summed E-state index contributed by atoms with van der Waals surface area (Å²) in [6, 6.07) is 0.324. The summed E-state index contributed by atoms with van der Waals surface area (Å²) in [4.78, 5) is 27.7. The number of hydrogen-bond donors (Lipinski definition) is 2. The fourth-order valence-electron chi connectivity index (χ4n) is 2.09. The van der Waals surface area contributed by atoms with E-state index in [9.17, 15) is 9.59 Å². The minimum Gasteiger partial charge on any atom is -0.477 e. The van der Waals surface area contributed by atoms with Crippen LogP contribution < -0.4 is 0 Å². The standard InChI is InChI=1S/C12H16N2O3/c1-6-9(7(2)13-10(6)12(16)17)11(15)14(3)8-4-5-8/h8,13H,4-5H2,1-3H3,(H,16,17). The highest BCUT2D eigenvalue weighted by molar-refractivity contribution is 6.00. The number of aromatic carboxylic acids is 1. The average molecular weight is 236 g/mol. The van der Waals surface area contributed by atoms with E-state index >= 15 is 0 Å². The molecule has 1 saturated carbocycles. The molecule has 1 aliphatic carbocycles. The number of H-pyrrole nitrogens is 1. The highest BCUT2D eigenvalue weighted by Gasteiger charge is 2.32. The van der Waals surface area contributed by atoms with E-state index in [4.69, 9.17) is 5.11 Å². The molecule has 0 radical (unpaired) electrons. The molecule has 0 aliphatic heterocycles. The fraction of sp³-hybridized carbons (Fsp3) is 0.500. The molecule has 0 bridgehead atoms. The maximum Gasteiger partial charge on any atom is 0.352 e. The van der Waals surface area contributed by atoms with Gasteiger partial charge in [-0.1, -0.05) is 0 Å². The molecule has 0 aromatic carbocycles. The second-order valence-electron chi connectivity index (χ2n) is 4.58. The molecule has 1 heterocycles. The predicted octanol–water partition coefficient (Wildman–Crippen LogP) is 1.56. The van der Waals surface area contributed by atoms with E-state index in [0.717, 1.165) is 12.8 Å². The zero-order valence-corrected chi connectivity index (χ0v) is 10.2. The molecule has 1 aromatic heterocycles. The minimum atomic E-state index is -1.03. The van der Waals surface area contributed by atoms with Gasteiger partial charge in [-0.2, -0.15) is 0 Å². The highest BCUT2D eigenvalue weighted by atomic mass is 16.4. The zero-order valence-electron chi connectivity index (χ0n) is 10.2. The molecule has 0 saturated heterocycles. The number of amides is 1. The molecule has 1 aliphatic rings. The number of hydrogen-bond acceptors (Lipinski definition) is 2. The summed E-state index contributed by atoms with van der Waals surface area (Å²) in [5.74, 6) is -1.12. The third kappa shape index (κ3) is 1.92. The van der Waals surface area contributed by atoms with Crippen molar-refractivity contribution in [3.63, 3.8) is 0 Å². The van der Waals surface area contributed by atoms with E-state index in [1.165, 1.54) is 0 Å². The van der Waals surface area contributed by atoms with Crippen LogP contribution in [0.5, 0.6) is 0 Å². The Balaban J connectivity index is 2.37. The van der Waals surface area contributed by atoms with E-state index in [2.05, 4.69) is 4.98 Å². The van der Waals surface area contributed by atoms with Gasteiger partial charge in [0.15, 0.2) is 0 Å². The molecule has 17 heavy (non-hydrogen) atoms. The predicted molar refractivity (Wildman–Crippen MR) is 62.3 cm³/mol. The maximum absolute atomic E-state index is 12.2. The van der Waals surface area contributed by atoms with Gasteiger partial charge in [0.25, 0.3) is 5.91 Å². The van der Waals surface area contributed by atoms with Crippen LogP contribution in [0.15, 0.2) is 0 Å². The quantitative estimate of drug-likeness (QED) is 0.836. The Morgan fingerprint density at radius 3 is 2.35 bits per heavy atom. The van der Waals surface area contributed by atoms with Gasteiger partial charge in [-0.3, -0.25) is 4.79 Å². The largest absolute Gasteiger partial charge is 0.477 e. The van der Waals surface area contributed by atoms with Crippen molar-refractivity contribution in [1.82, 2.24) is 9.88 Å². The second-order valence-corrected chi connectivity index (χ2v) is 4.58. The van der Waals surface area contributed by atoms with Gasteiger partial charge in [0.1, 0.15) is 5.69 Å². The van der Waals surface area contributed by atoms with Crippen molar-refractivity contribution >= 4 is 11.9 Å². The van der Waals surface area contributed by atoms with Gasteiger partial charge < -0.3 is 15.0 Å². The number of carbonyl (C=O) groups excluding carboxylic acids is 1. The molecule has 5 heteroatoms. The van der Waals surface area contributed by atoms with Crippen LogP contribution in [-0.2, 0) is 0 Å². The molecule has 1 amide bonds. The van der Waals surface area contributed by atoms with Crippen molar-refractivity contribution < 1.29 is 14.7 Å². The third-order valence-corrected chi connectivity index (χ3v) is 3.28. The van der Waals surface area contributed by atoms with Gasteiger partial charge in [-0.25, -0.2) is 4.79 Å². The number of nitrogens with one attached hydrogen (secondary N) is 1. The first-order chi connectivity index (χ1) is 7.93. The van der Waals surface area contributed by atoms with E-state index in [-0.39, 0.29) is 11.6 Å². The van der Waals surface area contributed by atoms with Crippen molar-refractivity contribution in [2.75, 3.05) is 7.05 Å². The molecule has 0 unspecified atom stereocenters. The Morgan fingerprint density at radius 1 is 1.35 bits per heavy atom. The fourth-order valence-corrected chi connectivity index (χ4v) is 2.09. The molecule has 2 rings (SSSR count). The van der Waals surface area contributed by atoms with Crippen LogP contribution >= 0.6 is 0 Å². The first kappa shape index (κ1) is 11.7. The van der Waals surface area contributed by atoms with Crippen molar-refractivity contribution in [1.29, 1.82) is 0 Å². The van der Waals surface area contributed by atoms with Crippen molar-refractivity contribution in [3.8, 4) is 0 Å². The molecule has 92 valence electrons. The van der Waals surface area contributed by atoms with E-state index in [1.807, 2.05) is 0 Å². The van der Waals surface area contributed by atoms with E-state index < -0.39 is 5.97 Å². The van der Waals surface area contributed by atoms with Crippen LogP contribution in [0.4, 0.5) is 0 Å². The van der Waals surface area contributed by atoms with Crippen LogP contribution in [0.1, 0.15) is 44.9 Å². The molecular weight excluding hydrogens is 220 g/mol. The smallest absolute Gasteiger partial charge is 0.352 e. The monoisotopic (exact) mass is 236 g/mol. The number of rotatable bonds is 3. The summed E-state index contributed by atoms with van der Waals surface area (Å²) in [6.45, 7) is 3.40. The number of carbonyl (C=O) groups is 2. The average Bonchev–Trinajstić information content (AvgIpc) is 3.04. The number of carboxylic acid groups (broad SMARTS) is 1. The summed E-state index contributed by atoms with van der Waals surface area (Å²) >= 11 is 0. The third-order valence-electron chi connectivity index (χ3n) is 3.28. The lowest BCUT2D eigenvalue weighted by Crippen LogP contribution is -2.29. The molecule has 2 N–H and O–H groups in total. The molecule has 5 nitrogen and oxygen atoms in total. The SMILES string of the molecule is Cc1[nH]c(C(=O)O)c(C)c1C(=O)N(C)C1CC1. The molecule has 1 fully saturated rings. The zero-order chi connectivity index (χ0) is 12.7. The number of aryl methyl sites for hydroxylation is 1. The summed E-state index contributed by atoms with van der Waals surface area (Å²) in [5, 5.41) is 8.99. The molecular formula is C12H16N2O3. The van der Waals surface area contributed by atoms with E-state index in [1.54, 1.807) is 25.8 Å². The van der Waals surface area contributed by atoms with E-state index in [0.29, 0.717) is 22.9 Å². The summed E-state index contributed by atoms with van der Waals surface area (Å²) in [7, 11) is 1.77. The summed E-state index contributed by atoms with van der Waals surface area (Å²) < 4.78 is 0.